The third-order valence-corrected chi connectivity index (χ3v) is 4.17. The lowest BCUT2D eigenvalue weighted by Gasteiger charge is -2.29. The molecule has 1 aliphatic rings. The van der Waals surface area contributed by atoms with E-state index in [2.05, 4.69) is 15.3 Å². The zero-order valence-corrected chi connectivity index (χ0v) is 12.6. The molecule has 0 spiro atoms. The molecule has 2 N–H and O–H groups in total. The Bertz CT molecular complexity index is 754. The fourth-order valence-corrected chi connectivity index (χ4v) is 2.97. The first-order valence-corrected chi connectivity index (χ1v) is 7.49. The summed E-state index contributed by atoms with van der Waals surface area (Å²) in [4.78, 5) is 19.6. The summed E-state index contributed by atoms with van der Waals surface area (Å²) in [5.41, 5.74) is 1.24. The van der Waals surface area contributed by atoms with Crippen molar-refractivity contribution in [3.05, 3.63) is 29.6 Å². The number of aromatic nitrogens is 2. The van der Waals surface area contributed by atoms with Gasteiger partial charge >= 0.3 is 5.97 Å². The Hall–Kier alpha value is -2.31. The fraction of sp³-hybridized carbons (Fsp3) is 0.438. The summed E-state index contributed by atoms with van der Waals surface area (Å²) in [6, 6.07) is 3.27. The van der Waals surface area contributed by atoms with Crippen LogP contribution >= 0.6 is 0 Å². The maximum Gasteiger partial charge on any atom is 0.337 e. The molecule has 1 saturated carbocycles. The number of anilines is 1. The number of rotatable bonds is 3. The second-order valence-corrected chi connectivity index (χ2v) is 6.01. The predicted molar refractivity (Wildman–Crippen MR) is 82.1 cm³/mol. The van der Waals surface area contributed by atoms with E-state index in [-0.39, 0.29) is 24.4 Å². The van der Waals surface area contributed by atoms with E-state index in [0.717, 1.165) is 5.56 Å². The third kappa shape index (κ3) is 3.23. The summed E-state index contributed by atoms with van der Waals surface area (Å²) in [6.07, 6.45) is 1.72. The summed E-state index contributed by atoms with van der Waals surface area (Å²) in [6.45, 7) is 1.80. The largest absolute Gasteiger partial charge is 0.478 e. The highest BCUT2D eigenvalue weighted by Gasteiger charge is 2.35. The molecule has 122 valence electrons. The molecule has 0 amide bonds. The van der Waals surface area contributed by atoms with Gasteiger partial charge in [0.1, 0.15) is 12.1 Å². The molecule has 1 aromatic heterocycles. The Morgan fingerprint density at radius 1 is 1.30 bits per heavy atom. The molecular formula is C16H17F2N3O2. The highest BCUT2D eigenvalue weighted by atomic mass is 19.3. The standard InChI is InChI=1S/C16H17F2N3O2/c1-9-6-11-13(12(7-9)15(22)23)19-8-20-14(11)21-10-2-4-16(17,18)5-3-10/h6-8,10H,2-5H2,1H3,(H,22,23)(H,19,20,21). The molecule has 0 saturated heterocycles. The summed E-state index contributed by atoms with van der Waals surface area (Å²) in [5.74, 6) is -3.14. The van der Waals surface area contributed by atoms with Gasteiger partial charge in [-0.2, -0.15) is 0 Å². The third-order valence-electron chi connectivity index (χ3n) is 4.17. The zero-order chi connectivity index (χ0) is 16.6. The van der Waals surface area contributed by atoms with Crippen molar-refractivity contribution in [2.45, 2.75) is 44.6 Å². The molecular weight excluding hydrogens is 304 g/mol. The normalized spacial score (nSPS) is 18.0. The summed E-state index contributed by atoms with van der Waals surface area (Å²) in [7, 11) is 0. The minimum Gasteiger partial charge on any atom is -0.478 e. The molecule has 0 bridgehead atoms. The highest BCUT2D eigenvalue weighted by molar-refractivity contribution is 6.05. The minimum atomic E-state index is -2.58. The summed E-state index contributed by atoms with van der Waals surface area (Å²) < 4.78 is 26.5. The molecule has 23 heavy (non-hydrogen) atoms. The molecule has 2 aromatic rings. The maximum absolute atomic E-state index is 13.2. The van der Waals surface area contributed by atoms with E-state index in [9.17, 15) is 18.7 Å². The minimum absolute atomic E-state index is 0.0958. The van der Waals surface area contributed by atoms with Gasteiger partial charge < -0.3 is 10.4 Å². The van der Waals surface area contributed by atoms with E-state index in [1.54, 1.807) is 13.0 Å². The lowest BCUT2D eigenvalue weighted by atomic mass is 9.92. The molecule has 0 aliphatic heterocycles. The van der Waals surface area contributed by atoms with Crippen LogP contribution in [0.1, 0.15) is 41.6 Å². The van der Waals surface area contributed by atoms with Gasteiger partial charge in [-0.1, -0.05) is 0 Å². The zero-order valence-electron chi connectivity index (χ0n) is 12.6. The van der Waals surface area contributed by atoms with Crippen LogP contribution in [-0.2, 0) is 0 Å². The van der Waals surface area contributed by atoms with Crippen molar-refractivity contribution < 1.29 is 18.7 Å². The van der Waals surface area contributed by atoms with E-state index >= 15 is 0 Å². The van der Waals surface area contributed by atoms with Gasteiger partial charge in [0.2, 0.25) is 5.92 Å². The number of hydrogen-bond acceptors (Lipinski definition) is 4. The average Bonchev–Trinajstić information content (AvgIpc) is 2.49. The first kappa shape index (κ1) is 15.6. The second-order valence-electron chi connectivity index (χ2n) is 6.01. The van der Waals surface area contributed by atoms with Crippen molar-refractivity contribution in [2.75, 3.05) is 5.32 Å². The van der Waals surface area contributed by atoms with Crippen LogP contribution in [0.25, 0.3) is 10.9 Å². The molecule has 1 aliphatic carbocycles. The van der Waals surface area contributed by atoms with Crippen molar-refractivity contribution in [2.24, 2.45) is 0 Å². The number of hydrogen-bond donors (Lipinski definition) is 2. The van der Waals surface area contributed by atoms with Gasteiger partial charge in [-0.3, -0.25) is 0 Å². The highest BCUT2D eigenvalue weighted by Crippen LogP contribution is 2.35. The van der Waals surface area contributed by atoms with Gasteiger partial charge in [-0.25, -0.2) is 23.5 Å². The van der Waals surface area contributed by atoms with Crippen molar-refractivity contribution in [1.82, 2.24) is 9.97 Å². The average molecular weight is 321 g/mol. The van der Waals surface area contributed by atoms with E-state index in [1.807, 2.05) is 6.07 Å². The van der Waals surface area contributed by atoms with E-state index in [1.165, 1.54) is 6.33 Å². The number of halogens is 2. The topological polar surface area (TPSA) is 75.1 Å². The van der Waals surface area contributed by atoms with E-state index < -0.39 is 11.9 Å². The van der Waals surface area contributed by atoms with Gasteiger partial charge in [0.25, 0.3) is 0 Å². The van der Waals surface area contributed by atoms with Gasteiger partial charge in [0, 0.05) is 24.3 Å². The van der Waals surface area contributed by atoms with Crippen LogP contribution in [0.3, 0.4) is 0 Å². The second kappa shape index (κ2) is 5.72. The Morgan fingerprint density at radius 3 is 2.65 bits per heavy atom. The van der Waals surface area contributed by atoms with Crippen LogP contribution < -0.4 is 5.32 Å². The molecule has 1 heterocycles. The lowest BCUT2D eigenvalue weighted by Crippen LogP contribution is -2.32. The Balaban J connectivity index is 1.94. The number of nitrogens with one attached hydrogen (secondary N) is 1. The van der Waals surface area contributed by atoms with Crippen LogP contribution in [0.5, 0.6) is 0 Å². The molecule has 0 radical (unpaired) electrons. The number of carboxylic acid groups (broad SMARTS) is 1. The number of alkyl halides is 2. The van der Waals surface area contributed by atoms with Crippen molar-refractivity contribution in [3.63, 3.8) is 0 Å². The monoisotopic (exact) mass is 321 g/mol. The van der Waals surface area contributed by atoms with E-state index in [0.29, 0.717) is 29.6 Å². The van der Waals surface area contributed by atoms with Gasteiger partial charge in [0.05, 0.1) is 11.1 Å². The van der Waals surface area contributed by atoms with Crippen molar-refractivity contribution >= 4 is 22.7 Å². The van der Waals surface area contributed by atoms with Gasteiger partial charge in [-0.15, -0.1) is 0 Å². The smallest absolute Gasteiger partial charge is 0.337 e. The van der Waals surface area contributed by atoms with Crippen LogP contribution in [-0.4, -0.2) is 33.0 Å². The van der Waals surface area contributed by atoms with Crippen LogP contribution in [0, 0.1) is 6.92 Å². The molecule has 1 fully saturated rings. The number of benzene rings is 1. The number of fused-ring (bicyclic) bond motifs is 1. The maximum atomic E-state index is 13.2. The van der Waals surface area contributed by atoms with Crippen molar-refractivity contribution in [3.8, 4) is 0 Å². The van der Waals surface area contributed by atoms with Crippen LogP contribution in [0.2, 0.25) is 0 Å². The number of carboxylic acids is 1. The predicted octanol–water partition coefficient (Wildman–Crippen LogP) is 3.63. The first-order chi connectivity index (χ1) is 10.9. The van der Waals surface area contributed by atoms with Crippen molar-refractivity contribution in [1.29, 1.82) is 0 Å². The Labute approximate surface area is 131 Å². The molecule has 0 atom stereocenters. The number of aryl methyl sites for hydroxylation is 1. The molecule has 5 nitrogen and oxygen atoms in total. The molecule has 3 rings (SSSR count). The van der Waals surface area contributed by atoms with Crippen LogP contribution in [0.4, 0.5) is 14.6 Å². The Kier molecular flexibility index (Phi) is 3.87. The molecule has 7 heteroatoms. The number of nitrogens with zero attached hydrogens (tertiary/aromatic N) is 2. The first-order valence-electron chi connectivity index (χ1n) is 7.49. The number of carbonyl (C=O) groups is 1. The fourth-order valence-electron chi connectivity index (χ4n) is 2.97. The van der Waals surface area contributed by atoms with Gasteiger partial charge in [-0.05, 0) is 37.5 Å². The van der Waals surface area contributed by atoms with E-state index in [4.69, 9.17) is 0 Å². The lowest BCUT2D eigenvalue weighted by molar-refractivity contribution is -0.0361. The van der Waals surface area contributed by atoms with Crippen LogP contribution in [0.15, 0.2) is 18.5 Å². The summed E-state index contributed by atoms with van der Waals surface area (Å²) in [5, 5.41) is 13.1. The quantitative estimate of drug-likeness (QED) is 0.903. The van der Waals surface area contributed by atoms with Gasteiger partial charge in [0.15, 0.2) is 0 Å². The molecule has 0 unspecified atom stereocenters. The SMILES string of the molecule is Cc1cc(C(=O)O)c2ncnc(NC3CCC(F)(F)CC3)c2c1. The summed E-state index contributed by atoms with van der Waals surface area (Å²) >= 11 is 0. The molecule has 1 aromatic carbocycles. The number of aromatic carboxylic acids is 1. The Morgan fingerprint density at radius 2 is 2.00 bits per heavy atom.